The Balaban J connectivity index is 2.05. The summed E-state index contributed by atoms with van der Waals surface area (Å²) in [6.45, 7) is 4.00. The number of carbonyl (C=O) groups excluding carboxylic acids is 1. The van der Waals surface area contributed by atoms with Gasteiger partial charge in [-0.05, 0) is 43.2 Å². The van der Waals surface area contributed by atoms with Crippen LogP contribution in [0, 0.1) is 13.8 Å². The van der Waals surface area contributed by atoms with Crippen molar-refractivity contribution >= 4 is 17.4 Å². The summed E-state index contributed by atoms with van der Waals surface area (Å²) in [5.41, 5.74) is 2.93. The molecule has 0 amide bonds. The third-order valence-corrected chi connectivity index (χ3v) is 3.34. The average molecular weight is 275 g/mol. The van der Waals surface area contributed by atoms with Crippen LogP contribution in [0.4, 0.5) is 0 Å². The molecule has 0 heterocycles. The molecule has 2 aromatic carbocycles. The summed E-state index contributed by atoms with van der Waals surface area (Å²) < 4.78 is 5.44. The number of halogens is 1. The monoisotopic (exact) mass is 274 g/mol. The normalized spacial score (nSPS) is 10.3. The quantitative estimate of drug-likeness (QED) is 0.781. The van der Waals surface area contributed by atoms with E-state index in [-0.39, 0.29) is 12.4 Å². The van der Waals surface area contributed by atoms with Crippen molar-refractivity contribution in [3.05, 3.63) is 64.2 Å². The number of aryl methyl sites for hydroxylation is 2. The molecule has 0 fully saturated rings. The highest BCUT2D eigenvalue weighted by molar-refractivity contribution is 6.32. The largest absolute Gasteiger partial charge is 0.484 e. The molecule has 0 unspecified atom stereocenters. The number of rotatable bonds is 4. The molecule has 3 heteroatoms. The van der Waals surface area contributed by atoms with Gasteiger partial charge in [-0.1, -0.05) is 35.9 Å². The maximum atomic E-state index is 12.0. The Morgan fingerprint density at radius 2 is 1.84 bits per heavy atom. The summed E-state index contributed by atoms with van der Waals surface area (Å²) in [6.07, 6.45) is 0. The van der Waals surface area contributed by atoms with Gasteiger partial charge in [0.15, 0.2) is 12.4 Å². The van der Waals surface area contributed by atoms with Crippen LogP contribution in [0.15, 0.2) is 42.5 Å². The number of ketones is 1. The fourth-order valence-corrected chi connectivity index (χ4v) is 1.89. The molecule has 0 bridgehead atoms. The van der Waals surface area contributed by atoms with Crippen LogP contribution >= 0.6 is 11.6 Å². The van der Waals surface area contributed by atoms with Gasteiger partial charge in [-0.3, -0.25) is 4.79 Å². The molecule has 98 valence electrons. The maximum Gasteiger partial charge on any atom is 0.200 e. The molecule has 0 aliphatic heterocycles. The second-order valence-electron chi connectivity index (χ2n) is 4.44. The van der Waals surface area contributed by atoms with E-state index in [4.69, 9.17) is 16.3 Å². The molecule has 0 aliphatic rings. The Labute approximate surface area is 118 Å². The van der Waals surface area contributed by atoms with Gasteiger partial charge in [0, 0.05) is 5.56 Å². The second kappa shape index (κ2) is 5.89. The zero-order valence-corrected chi connectivity index (χ0v) is 11.7. The van der Waals surface area contributed by atoms with Crippen molar-refractivity contribution in [1.82, 2.24) is 0 Å². The smallest absolute Gasteiger partial charge is 0.200 e. The summed E-state index contributed by atoms with van der Waals surface area (Å²) >= 11 is 5.96. The molecule has 0 spiro atoms. The summed E-state index contributed by atoms with van der Waals surface area (Å²) in [7, 11) is 0. The van der Waals surface area contributed by atoms with Crippen LogP contribution in [-0.4, -0.2) is 12.4 Å². The summed E-state index contributed by atoms with van der Waals surface area (Å²) in [4.78, 5) is 12.0. The third kappa shape index (κ3) is 3.36. The fourth-order valence-electron chi connectivity index (χ4n) is 1.70. The molecule has 0 saturated heterocycles. The molecule has 0 saturated carbocycles. The maximum absolute atomic E-state index is 12.0. The lowest BCUT2D eigenvalue weighted by molar-refractivity contribution is 0.0921. The van der Waals surface area contributed by atoms with E-state index in [1.165, 1.54) is 5.56 Å². The Hall–Kier alpha value is -1.80. The van der Waals surface area contributed by atoms with Crippen molar-refractivity contribution in [2.45, 2.75) is 13.8 Å². The van der Waals surface area contributed by atoms with Crippen LogP contribution < -0.4 is 4.74 Å². The van der Waals surface area contributed by atoms with Gasteiger partial charge in [-0.15, -0.1) is 0 Å². The van der Waals surface area contributed by atoms with Gasteiger partial charge in [0.2, 0.25) is 0 Å². The molecule has 2 aromatic rings. The number of ether oxygens (including phenoxy) is 1. The van der Waals surface area contributed by atoms with E-state index in [1.807, 2.05) is 44.2 Å². The van der Waals surface area contributed by atoms with E-state index in [2.05, 4.69) is 0 Å². The van der Waals surface area contributed by atoms with E-state index in [9.17, 15) is 4.79 Å². The van der Waals surface area contributed by atoms with Crippen molar-refractivity contribution in [2.75, 3.05) is 6.61 Å². The van der Waals surface area contributed by atoms with Gasteiger partial charge in [0.1, 0.15) is 5.75 Å². The van der Waals surface area contributed by atoms with E-state index >= 15 is 0 Å². The second-order valence-corrected chi connectivity index (χ2v) is 4.85. The van der Waals surface area contributed by atoms with E-state index < -0.39 is 0 Å². The first-order valence-corrected chi connectivity index (χ1v) is 6.43. The van der Waals surface area contributed by atoms with Gasteiger partial charge in [-0.2, -0.15) is 0 Å². The molecule has 0 atom stereocenters. The molecule has 2 rings (SSSR count). The van der Waals surface area contributed by atoms with Gasteiger partial charge < -0.3 is 4.74 Å². The predicted octanol–water partition coefficient (Wildman–Crippen LogP) is 4.22. The average Bonchev–Trinajstić information content (AvgIpc) is 2.40. The molecule has 0 N–H and O–H groups in total. The van der Waals surface area contributed by atoms with Crippen molar-refractivity contribution in [1.29, 1.82) is 0 Å². The van der Waals surface area contributed by atoms with Crippen molar-refractivity contribution in [3.63, 3.8) is 0 Å². The third-order valence-electron chi connectivity index (χ3n) is 3.02. The van der Waals surface area contributed by atoms with E-state index in [1.54, 1.807) is 12.1 Å². The predicted molar refractivity (Wildman–Crippen MR) is 77.2 cm³/mol. The lowest BCUT2D eigenvalue weighted by atomic mass is 10.0. The highest BCUT2D eigenvalue weighted by Gasteiger charge is 2.09. The number of carbonyl (C=O) groups is 1. The molecule has 2 nitrogen and oxygen atoms in total. The van der Waals surface area contributed by atoms with Crippen LogP contribution in [0.3, 0.4) is 0 Å². The van der Waals surface area contributed by atoms with Crippen LogP contribution in [0.1, 0.15) is 21.5 Å². The number of hydrogen-bond donors (Lipinski definition) is 0. The van der Waals surface area contributed by atoms with Gasteiger partial charge in [0.05, 0.1) is 5.02 Å². The van der Waals surface area contributed by atoms with Gasteiger partial charge >= 0.3 is 0 Å². The standard InChI is InChI=1S/C16H15ClO2/c1-11-7-8-13(9-12(11)2)15(18)10-19-16-6-4-3-5-14(16)17/h3-9H,10H2,1-2H3. The van der Waals surface area contributed by atoms with E-state index in [0.29, 0.717) is 16.3 Å². The molecule has 0 aromatic heterocycles. The molecule has 0 radical (unpaired) electrons. The minimum Gasteiger partial charge on any atom is -0.484 e. The number of para-hydroxylation sites is 1. The van der Waals surface area contributed by atoms with Crippen LogP contribution in [0.2, 0.25) is 5.02 Å². The first kappa shape index (κ1) is 13.6. The van der Waals surface area contributed by atoms with Crippen molar-refractivity contribution in [2.24, 2.45) is 0 Å². The zero-order valence-electron chi connectivity index (χ0n) is 10.9. The van der Waals surface area contributed by atoms with Crippen LogP contribution in [-0.2, 0) is 0 Å². The molecular weight excluding hydrogens is 260 g/mol. The van der Waals surface area contributed by atoms with Crippen LogP contribution in [0.25, 0.3) is 0 Å². The Morgan fingerprint density at radius 1 is 1.11 bits per heavy atom. The Bertz CT molecular complexity index is 605. The van der Waals surface area contributed by atoms with Crippen LogP contribution in [0.5, 0.6) is 5.75 Å². The fraction of sp³-hybridized carbons (Fsp3) is 0.188. The Kier molecular flexibility index (Phi) is 4.23. The summed E-state index contributed by atoms with van der Waals surface area (Å²) in [5, 5.41) is 0.510. The number of benzene rings is 2. The Morgan fingerprint density at radius 3 is 2.53 bits per heavy atom. The minimum atomic E-state index is -0.0528. The lowest BCUT2D eigenvalue weighted by Crippen LogP contribution is -2.12. The first-order chi connectivity index (χ1) is 9.08. The SMILES string of the molecule is Cc1ccc(C(=O)COc2ccccc2Cl)cc1C. The first-order valence-electron chi connectivity index (χ1n) is 6.05. The highest BCUT2D eigenvalue weighted by atomic mass is 35.5. The van der Waals surface area contributed by atoms with Crippen molar-refractivity contribution < 1.29 is 9.53 Å². The molecule has 0 aliphatic carbocycles. The van der Waals surface area contributed by atoms with E-state index in [0.717, 1.165) is 5.56 Å². The van der Waals surface area contributed by atoms with Gasteiger partial charge in [-0.25, -0.2) is 0 Å². The summed E-state index contributed by atoms with van der Waals surface area (Å²) in [6, 6.07) is 12.8. The lowest BCUT2D eigenvalue weighted by Gasteiger charge is -2.08. The summed E-state index contributed by atoms with van der Waals surface area (Å²) in [5.74, 6) is 0.476. The topological polar surface area (TPSA) is 26.3 Å². The van der Waals surface area contributed by atoms with Crippen molar-refractivity contribution in [3.8, 4) is 5.75 Å². The zero-order chi connectivity index (χ0) is 13.8. The minimum absolute atomic E-state index is 0.00770. The molecule has 19 heavy (non-hydrogen) atoms. The van der Waals surface area contributed by atoms with Gasteiger partial charge in [0.25, 0.3) is 0 Å². The number of Topliss-reactive ketones (excluding diaryl/α,β-unsaturated/α-hetero) is 1. The molecular formula is C16H15ClO2. The highest BCUT2D eigenvalue weighted by Crippen LogP contribution is 2.23. The number of hydrogen-bond acceptors (Lipinski definition) is 2.